The van der Waals surface area contributed by atoms with E-state index in [1.54, 1.807) is 24.3 Å². The first kappa shape index (κ1) is 16.4. The van der Waals surface area contributed by atoms with Gasteiger partial charge in [-0.25, -0.2) is 13.6 Å². The van der Waals surface area contributed by atoms with Crippen LogP contribution in [-0.4, -0.2) is 30.4 Å². The molecule has 1 atom stereocenters. The van der Waals surface area contributed by atoms with Crippen molar-refractivity contribution in [2.45, 2.75) is 6.04 Å². The van der Waals surface area contributed by atoms with Crippen LogP contribution in [0.5, 0.6) is 0 Å². The second-order valence-corrected chi connectivity index (χ2v) is 5.66. The Morgan fingerprint density at radius 2 is 1.88 bits per heavy atom. The van der Waals surface area contributed by atoms with Crippen molar-refractivity contribution >= 4 is 23.5 Å². The average Bonchev–Trinajstić information content (AvgIpc) is 2.99. The zero-order chi connectivity index (χ0) is 17.3. The van der Waals surface area contributed by atoms with Crippen molar-refractivity contribution in [3.63, 3.8) is 0 Å². The van der Waals surface area contributed by atoms with Gasteiger partial charge in [-0.15, -0.1) is 0 Å². The molecule has 1 N–H and O–H groups in total. The minimum absolute atomic E-state index is 0.0464. The standard InChI is InChI=1S/C17H14ClF2N3O/c1-21-17(24)23-9-14(10-5-2-3-6-11(10)18)22-16(23)15-12(19)7-4-8-13(15)20/h2-8,14H,9H2,1H3,(H,21,24). The number of carbonyl (C=O) groups is 1. The van der Waals surface area contributed by atoms with Gasteiger partial charge < -0.3 is 5.32 Å². The van der Waals surface area contributed by atoms with E-state index in [-0.39, 0.29) is 17.9 Å². The number of benzene rings is 2. The maximum atomic E-state index is 14.1. The lowest BCUT2D eigenvalue weighted by Gasteiger charge is -2.19. The summed E-state index contributed by atoms with van der Waals surface area (Å²) < 4.78 is 28.3. The summed E-state index contributed by atoms with van der Waals surface area (Å²) in [6, 6.07) is 9.59. The molecule has 0 spiro atoms. The van der Waals surface area contributed by atoms with Crippen molar-refractivity contribution in [2.24, 2.45) is 4.99 Å². The predicted octanol–water partition coefficient (Wildman–Crippen LogP) is 3.76. The van der Waals surface area contributed by atoms with Crippen LogP contribution in [0.15, 0.2) is 47.5 Å². The Kier molecular flexibility index (Phi) is 4.49. The van der Waals surface area contributed by atoms with E-state index in [1.807, 2.05) is 0 Å². The van der Waals surface area contributed by atoms with Crippen LogP contribution in [0.25, 0.3) is 0 Å². The van der Waals surface area contributed by atoms with E-state index in [0.29, 0.717) is 10.6 Å². The Labute approximate surface area is 142 Å². The maximum absolute atomic E-state index is 14.1. The molecule has 1 unspecified atom stereocenters. The highest BCUT2D eigenvalue weighted by molar-refractivity contribution is 6.31. The van der Waals surface area contributed by atoms with Gasteiger partial charge in [0.05, 0.1) is 18.2 Å². The number of nitrogens with one attached hydrogen (secondary N) is 1. The molecule has 24 heavy (non-hydrogen) atoms. The van der Waals surface area contributed by atoms with Crippen LogP contribution >= 0.6 is 11.6 Å². The van der Waals surface area contributed by atoms with Crippen molar-refractivity contribution in [3.8, 4) is 0 Å². The first-order chi connectivity index (χ1) is 11.5. The Hall–Kier alpha value is -2.47. The number of urea groups is 1. The van der Waals surface area contributed by atoms with Crippen LogP contribution in [0.1, 0.15) is 17.2 Å². The normalized spacial score (nSPS) is 16.9. The lowest BCUT2D eigenvalue weighted by atomic mass is 10.1. The molecule has 2 aromatic carbocycles. The van der Waals surface area contributed by atoms with Gasteiger partial charge in [-0.3, -0.25) is 9.89 Å². The third-order valence-electron chi connectivity index (χ3n) is 3.80. The summed E-state index contributed by atoms with van der Waals surface area (Å²) in [7, 11) is 1.44. The van der Waals surface area contributed by atoms with Crippen molar-refractivity contribution in [1.82, 2.24) is 10.2 Å². The van der Waals surface area contributed by atoms with Crippen LogP contribution in [-0.2, 0) is 0 Å². The molecule has 0 fully saturated rings. The number of halogens is 3. The van der Waals surface area contributed by atoms with Crippen LogP contribution in [0, 0.1) is 11.6 Å². The van der Waals surface area contributed by atoms with E-state index in [2.05, 4.69) is 10.3 Å². The van der Waals surface area contributed by atoms with Gasteiger partial charge in [-0.1, -0.05) is 35.9 Å². The number of amides is 2. The zero-order valence-electron chi connectivity index (χ0n) is 12.8. The molecule has 0 saturated carbocycles. The van der Waals surface area contributed by atoms with Crippen LogP contribution in [0.2, 0.25) is 5.02 Å². The fourth-order valence-electron chi connectivity index (χ4n) is 2.66. The molecule has 1 aliphatic heterocycles. The number of nitrogens with zero attached hydrogens (tertiary/aromatic N) is 2. The molecule has 2 amide bonds. The van der Waals surface area contributed by atoms with Gasteiger partial charge >= 0.3 is 6.03 Å². The van der Waals surface area contributed by atoms with Crippen molar-refractivity contribution in [2.75, 3.05) is 13.6 Å². The average molecular weight is 350 g/mol. The van der Waals surface area contributed by atoms with Crippen molar-refractivity contribution in [1.29, 1.82) is 0 Å². The van der Waals surface area contributed by atoms with Gasteiger partial charge in [0.1, 0.15) is 17.5 Å². The molecule has 0 aromatic heterocycles. The summed E-state index contributed by atoms with van der Waals surface area (Å²) in [5.74, 6) is -1.60. The van der Waals surface area contributed by atoms with E-state index in [9.17, 15) is 13.6 Å². The quantitative estimate of drug-likeness (QED) is 0.881. The molecule has 0 saturated heterocycles. The predicted molar refractivity (Wildman–Crippen MR) is 88.2 cm³/mol. The van der Waals surface area contributed by atoms with E-state index < -0.39 is 23.7 Å². The van der Waals surface area contributed by atoms with Gasteiger partial charge in [0.15, 0.2) is 0 Å². The van der Waals surface area contributed by atoms with Crippen LogP contribution in [0.4, 0.5) is 13.6 Å². The summed E-state index contributed by atoms with van der Waals surface area (Å²) in [5, 5.41) is 2.95. The molecule has 0 bridgehead atoms. The number of aliphatic imine (C=N–C) groups is 1. The second kappa shape index (κ2) is 6.57. The molecule has 2 aromatic rings. The molecule has 3 rings (SSSR count). The molecule has 7 heteroatoms. The Bertz CT molecular complexity index is 805. The highest BCUT2D eigenvalue weighted by Gasteiger charge is 2.34. The molecule has 1 heterocycles. The van der Waals surface area contributed by atoms with Crippen molar-refractivity contribution < 1.29 is 13.6 Å². The molecule has 4 nitrogen and oxygen atoms in total. The van der Waals surface area contributed by atoms with Crippen LogP contribution in [0.3, 0.4) is 0 Å². The highest BCUT2D eigenvalue weighted by Crippen LogP contribution is 2.32. The first-order valence-corrected chi connectivity index (χ1v) is 7.66. The van der Waals surface area contributed by atoms with Gasteiger partial charge in [-0.05, 0) is 23.8 Å². The SMILES string of the molecule is CNC(=O)N1CC(c2ccccc2Cl)N=C1c1c(F)cccc1F. The van der Waals surface area contributed by atoms with Gasteiger partial charge in [0.2, 0.25) is 0 Å². The van der Waals surface area contributed by atoms with E-state index in [0.717, 1.165) is 12.1 Å². The smallest absolute Gasteiger partial charge is 0.322 e. The summed E-state index contributed by atoms with van der Waals surface area (Å²) in [6.07, 6.45) is 0. The van der Waals surface area contributed by atoms with Crippen LogP contribution < -0.4 is 5.32 Å². The fourth-order valence-corrected chi connectivity index (χ4v) is 2.92. The molecule has 124 valence electrons. The summed E-state index contributed by atoms with van der Waals surface area (Å²) in [4.78, 5) is 17.7. The largest absolute Gasteiger partial charge is 0.341 e. The summed E-state index contributed by atoms with van der Waals surface area (Å²) in [6.45, 7) is 0.145. The van der Waals surface area contributed by atoms with Gasteiger partial charge in [0, 0.05) is 12.1 Å². The Morgan fingerprint density at radius 3 is 2.50 bits per heavy atom. The lowest BCUT2D eigenvalue weighted by Crippen LogP contribution is -2.41. The monoisotopic (exact) mass is 349 g/mol. The molecular weight excluding hydrogens is 336 g/mol. The van der Waals surface area contributed by atoms with Crippen molar-refractivity contribution in [3.05, 3.63) is 70.2 Å². The number of rotatable bonds is 2. The minimum atomic E-state index is -0.775. The highest BCUT2D eigenvalue weighted by atomic mass is 35.5. The third kappa shape index (κ3) is 2.85. The topological polar surface area (TPSA) is 44.7 Å². The lowest BCUT2D eigenvalue weighted by molar-refractivity contribution is 0.224. The number of amidine groups is 1. The second-order valence-electron chi connectivity index (χ2n) is 5.25. The van der Waals surface area contributed by atoms with E-state index in [1.165, 1.54) is 18.0 Å². The molecular formula is C17H14ClF2N3O. The third-order valence-corrected chi connectivity index (χ3v) is 4.14. The van der Waals surface area contributed by atoms with E-state index in [4.69, 9.17) is 11.6 Å². The first-order valence-electron chi connectivity index (χ1n) is 7.28. The minimum Gasteiger partial charge on any atom is -0.341 e. The Morgan fingerprint density at radius 1 is 1.21 bits per heavy atom. The van der Waals surface area contributed by atoms with E-state index >= 15 is 0 Å². The molecule has 1 aliphatic rings. The Balaban J connectivity index is 2.10. The molecule has 0 radical (unpaired) electrons. The number of hydrogen-bond acceptors (Lipinski definition) is 2. The van der Waals surface area contributed by atoms with Gasteiger partial charge in [0.25, 0.3) is 0 Å². The fraction of sp³-hybridized carbons (Fsp3) is 0.176. The summed E-state index contributed by atoms with van der Waals surface area (Å²) >= 11 is 6.19. The molecule has 0 aliphatic carbocycles. The van der Waals surface area contributed by atoms with Gasteiger partial charge in [-0.2, -0.15) is 0 Å². The number of hydrogen-bond donors (Lipinski definition) is 1. The maximum Gasteiger partial charge on any atom is 0.322 e. The summed E-state index contributed by atoms with van der Waals surface area (Å²) in [5.41, 5.74) is 0.371. The zero-order valence-corrected chi connectivity index (χ0v) is 13.5. The number of carbonyl (C=O) groups excluding carboxylic acids is 1.